The van der Waals surface area contributed by atoms with Gasteiger partial charge < -0.3 is 12.9 Å². The molecule has 0 radical (unpaired) electrons. The molecule has 0 aliphatic carbocycles. The molecule has 10 heavy (non-hydrogen) atoms. The average molecular weight is 194 g/mol. The van der Waals surface area contributed by atoms with Crippen molar-refractivity contribution >= 4 is 15.1 Å². The number of rotatable bonds is 2. The Balaban J connectivity index is 0. The summed E-state index contributed by atoms with van der Waals surface area (Å²) >= 11 is 0. The molecule has 0 saturated carbocycles. The first-order chi connectivity index (χ1) is 3.71. The van der Waals surface area contributed by atoms with Crippen molar-refractivity contribution in [2.45, 2.75) is 25.6 Å². The van der Waals surface area contributed by atoms with E-state index in [9.17, 15) is 12.9 Å². The zero-order valence-corrected chi connectivity index (χ0v) is 11.0. The normalized spacial score (nSPS) is 12.6. The zero-order chi connectivity index (χ0) is 7.71. The maximum Gasteiger partial charge on any atom is 1.00 e. The van der Waals surface area contributed by atoms with Crippen molar-refractivity contribution in [3.05, 3.63) is 0 Å². The van der Waals surface area contributed by atoms with E-state index in [-0.39, 0.29) is 51.4 Å². The summed E-state index contributed by atoms with van der Waals surface area (Å²) in [6.45, 7) is 0.645. The molecule has 6 heteroatoms. The van der Waals surface area contributed by atoms with Gasteiger partial charge in [-0.1, -0.05) is 25.6 Å². The predicted octanol–water partition coefficient (Wildman–Crippen LogP) is -0.285. The van der Waals surface area contributed by atoms with Crippen molar-refractivity contribution in [3.8, 4) is 0 Å². The first-order valence-electron chi connectivity index (χ1n) is 2.92. The van der Waals surface area contributed by atoms with E-state index in [0.29, 0.717) is 0 Å². The summed E-state index contributed by atoms with van der Waals surface area (Å²) in [5, 5.41) is 0. The zero-order valence-electron chi connectivity index (χ0n) is 6.92. The maximum absolute atomic E-state index is 11.6. The van der Waals surface area contributed by atoms with E-state index in [1.165, 1.54) is 0 Å². The van der Waals surface area contributed by atoms with Crippen LogP contribution in [0.1, 0.15) is 0 Å². The van der Waals surface area contributed by atoms with E-state index in [4.69, 9.17) is 0 Å². The van der Waals surface area contributed by atoms with Crippen molar-refractivity contribution in [3.63, 3.8) is 0 Å². The Morgan fingerprint density at radius 1 is 1.10 bits per heavy atom. The van der Waals surface area contributed by atoms with Gasteiger partial charge in [-0.05, 0) is 0 Å². The molecule has 0 saturated heterocycles. The third-order valence-corrected chi connectivity index (χ3v) is 2.53. The Kier molecular flexibility index (Phi) is 6.65. The molecule has 0 N–H and O–H groups in total. The average Bonchev–Trinajstić information content (AvgIpc) is 1.14. The van der Waals surface area contributed by atoms with Gasteiger partial charge in [-0.25, -0.2) is 0 Å². The second-order valence-corrected chi connectivity index (χ2v) is 9.00. The third kappa shape index (κ3) is 12.4. The first-order valence-corrected chi connectivity index (χ1v) is 6.62. The minimum atomic E-state index is -4.53. The van der Waals surface area contributed by atoms with E-state index in [1.807, 2.05) is 0 Å². The minimum absolute atomic E-state index is 0. The monoisotopic (exact) mass is 194 g/mol. The van der Waals surface area contributed by atoms with Crippen molar-refractivity contribution in [1.82, 2.24) is 0 Å². The number of hydrogen-bond acceptors (Lipinski definition) is 0. The van der Waals surface area contributed by atoms with E-state index >= 15 is 0 Å². The molecule has 0 fully saturated rings. The summed E-state index contributed by atoms with van der Waals surface area (Å²) in [5.41, 5.74) is 0. The van der Waals surface area contributed by atoms with Crippen LogP contribution in [0.2, 0.25) is 25.6 Å². The molecule has 0 aromatic rings. The van der Waals surface area contributed by atoms with Crippen LogP contribution in [0.4, 0.5) is 12.9 Å². The molecule has 0 unspecified atom stereocenters. The summed E-state index contributed by atoms with van der Waals surface area (Å²) in [6, 6.07) is 0. The Labute approximate surface area is 103 Å². The van der Waals surface area contributed by atoms with Gasteiger partial charge >= 0.3 is 58.4 Å². The Hall–Kier alpha value is 1.71. The summed E-state index contributed by atoms with van der Waals surface area (Å²) in [5.74, 6) is -0.507. The molecule has 0 aromatic carbocycles. The molecule has 0 aliphatic heterocycles. The van der Waals surface area contributed by atoms with E-state index in [0.717, 1.165) is 0 Å². The smallest absolute Gasteiger partial charge is 0.449 e. The van der Waals surface area contributed by atoms with Crippen LogP contribution >= 0.6 is 0 Å². The number of hydrogen-bond donors (Lipinski definition) is 0. The van der Waals surface area contributed by atoms with Crippen molar-refractivity contribution < 1.29 is 64.3 Å². The Bertz CT molecular complexity index is 85.7. The fourth-order valence-corrected chi connectivity index (χ4v) is 2.08. The van der Waals surface area contributed by atoms with Crippen LogP contribution in [0.5, 0.6) is 0 Å². The van der Waals surface area contributed by atoms with Gasteiger partial charge in [0.05, 0.1) is 0 Å². The van der Waals surface area contributed by atoms with E-state index in [2.05, 4.69) is 0 Å². The van der Waals surface area contributed by atoms with Crippen LogP contribution < -0.4 is 51.4 Å². The minimum Gasteiger partial charge on any atom is -0.449 e. The van der Waals surface area contributed by atoms with Gasteiger partial charge in [-0.3, -0.25) is 0 Å². The topological polar surface area (TPSA) is 0 Å². The Morgan fingerprint density at radius 3 is 1.40 bits per heavy atom. The second-order valence-electron chi connectivity index (χ2n) is 3.48. The summed E-state index contributed by atoms with van der Waals surface area (Å²) < 4.78 is 34.9. The van der Waals surface area contributed by atoms with Crippen LogP contribution in [0.15, 0.2) is 0 Å². The van der Waals surface area contributed by atoms with Crippen LogP contribution in [-0.4, -0.2) is 15.1 Å². The fraction of sp³-hybridized carbons (Fsp3) is 1.00. The van der Waals surface area contributed by atoms with Crippen molar-refractivity contribution in [2.24, 2.45) is 0 Å². The summed E-state index contributed by atoms with van der Waals surface area (Å²) in [4.78, 5) is 0. The van der Waals surface area contributed by atoms with Crippen LogP contribution in [-0.2, 0) is 0 Å². The van der Waals surface area contributed by atoms with Crippen LogP contribution in [0, 0.1) is 0 Å². The predicted molar refractivity (Wildman–Crippen MR) is 37.2 cm³/mol. The molecule has 0 nitrogen and oxygen atoms in total. The molecular formula is C4H11BF3KSi. The first kappa shape index (κ1) is 14.2. The molecule has 0 aromatic heterocycles. The van der Waals surface area contributed by atoms with Crippen LogP contribution in [0.25, 0.3) is 0 Å². The van der Waals surface area contributed by atoms with Crippen molar-refractivity contribution in [1.29, 1.82) is 0 Å². The van der Waals surface area contributed by atoms with Gasteiger partial charge in [-0.15, -0.1) is 0 Å². The van der Waals surface area contributed by atoms with Crippen molar-refractivity contribution in [2.75, 3.05) is 0 Å². The molecule has 0 spiro atoms. The van der Waals surface area contributed by atoms with Gasteiger partial charge in [0.1, 0.15) is 0 Å². The molecule has 0 bridgehead atoms. The van der Waals surface area contributed by atoms with Gasteiger partial charge in [0.2, 0.25) is 0 Å². The molecule has 0 amide bonds. The second kappa shape index (κ2) is 4.67. The summed E-state index contributed by atoms with van der Waals surface area (Å²) in [6.07, 6.45) is 0. The summed E-state index contributed by atoms with van der Waals surface area (Å²) in [7, 11) is -1.89. The van der Waals surface area contributed by atoms with E-state index < -0.39 is 21.0 Å². The molecule has 0 heterocycles. The molecular weight excluding hydrogens is 183 g/mol. The van der Waals surface area contributed by atoms with E-state index in [1.54, 1.807) is 19.6 Å². The van der Waals surface area contributed by atoms with Crippen LogP contribution in [0.3, 0.4) is 0 Å². The standard InChI is InChI=1S/C4H11BF3Si.K/c1-9(2,3)4-5(6,7)8;/h4H2,1-3H3;/q-1;+1. The SMILES string of the molecule is C[Si](C)(C)C[B-](F)(F)F.[K+]. The maximum atomic E-state index is 11.6. The third-order valence-electron chi connectivity index (χ3n) is 0.844. The quantitative estimate of drug-likeness (QED) is 0.530. The van der Waals surface area contributed by atoms with Gasteiger partial charge in [0.15, 0.2) is 0 Å². The van der Waals surface area contributed by atoms with Gasteiger partial charge in [0, 0.05) is 8.07 Å². The number of halogens is 3. The molecule has 0 rings (SSSR count). The van der Waals surface area contributed by atoms with Gasteiger partial charge in [-0.2, -0.15) is 0 Å². The fourth-order valence-electron chi connectivity index (χ4n) is 0.694. The Morgan fingerprint density at radius 2 is 1.40 bits per heavy atom. The molecule has 56 valence electrons. The molecule has 0 aliphatic rings. The van der Waals surface area contributed by atoms with Gasteiger partial charge in [0.25, 0.3) is 0 Å². The largest absolute Gasteiger partial charge is 1.00 e. The molecule has 0 atom stereocenters.